The lowest BCUT2D eigenvalue weighted by Crippen LogP contribution is -2.14. The number of ether oxygens (including phenoxy) is 3. The third-order valence-electron chi connectivity index (χ3n) is 4.62. The summed E-state index contributed by atoms with van der Waals surface area (Å²) in [6.07, 6.45) is 2.33. The van der Waals surface area contributed by atoms with E-state index in [1.807, 2.05) is 24.3 Å². The molecule has 0 aliphatic rings. The van der Waals surface area contributed by atoms with E-state index in [2.05, 4.69) is 17.2 Å². The molecule has 0 saturated heterocycles. The van der Waals surface area contributed by atoms with Gasteiger partial charge in [-0.15, -0.1) is 0 Å². The molecule has 3 rings (SSSR count). The smallest absolute Gasteiger partial charge is 0.252 e. The zero-order valence-corrected chi connectivity index (χ0v) is 16.8. The van der Waals surface area contributed by atoms with E-state index in [1.165, 1.54) is 6.20 Å². The molecule has 2 aromatic carbocycles. The van der Waals surface area contributed by atoms with Crippen LogP contribution in [0.15, 0.2) is 42.6 Å². The van der Waals surface area contributed by atoms with Crippen LogP contribution in [0.5, 0.6) is 11.5 Å². The summed E-state index contributed by atoms with van der Waals surface area (Å²) >= 11 is 0. The number of nitrogens with one attached hydrogen (secondary N) is 1. The highest BCUT2D eigenvalue weighted by molar-refractivity contribution is 6.08. The predicted molar refractivity (Wildman–Crippen MR) is 113 cm³/mol. The molecule has 1 heterocycles. The second kappa shape index (κ2) is 9.25. The fraction of sp³-hybridized carbons (Fsp3) is 0.273. The molecule has 0 unspecified atom stereocenters. The number of nitrogens with zero attached hydrogens (tertiary/aromatic N) is 1. The molecule has 1 aromatic heterocycles. The monoisotopic (exact) mass is 395 g/mol. The second-order valence-corrected chi connectivity index (χ2v) is 6.41. The van der Waals surface area contributed by atoms with Crippen molar-refractivity contribution in [3.05, 3.63) is 53.7 Å². The van der Waals surface area contributed by atoms with Gasteiger partial charge in [-0.1, -0.05) is 25.1 Å². The van der Waals surface area contributed by atoms with Crippen molar-refractivity contribution in [2.75, 3.05) is 32.8 Å². The number of hydrogen-bond donors (Lipinski definition) is 2. The molecule has 7 nitrogen and oxygen atoms in total. The number of carbonyl (C=O) groups is 1. The minimum atomic E-state index is -0.560. The normalized spacial score (nSPS) is 10.7. The van der Waals surface area contributed by atoms with E-state index < -0.39 is 5.91 Å². The van der Waals surface area contributed by atoms with Crippen molar-refractivity contribution in [3.8, 4) is 11.5 Å². The highest BCUT2D eigenvalue weighted by Gasteiger charge is 2.17. The molecular formula is C22H25N3O4. The topological polar surface area (TPSA) is 95.7 Å². The van der Waals surface area contributed by atoms with Crippen molar-refractivity contribution in [3.63, 3.8) is 0 Å². The third-order valence-corrected chi connectivity index (χ3v) is 4.62. The number of pyridine rings is 1. The third kappa shape index (κ3) is 4.41. The van der Waals surface area contributed by atoms with Gasteiger partial charge in [-0.2, -0.15) is 0 Å². The average Bonchev–Trinajstić information content (AvgIpc) is 2.73. The van der Waals surface area contributed by atoms with Crippen LogP contribution in [0.3, 0.4) is 0 Å². The molecule has 0 atom stereocenters. The van der Waals surface area contributed by atoms with Crippen LogP contribution in [0, 0.1) is 0 Å². The van der Waals surface area contributed by atoms with Gasteiger partial charge in [0.25, 0.3) is 5.91 Å². The summed E-state index contributed by atoms with van der Waals surface area (Å²) in [5.41, 5.74) is 9.20. The van der Waals surface area contributed by atoms with Gasteiger partial charge in [0, 0.05) is 30.4 Å². The highest BCUT2D eigenvalue weighted by atomic mass is 16.5. The highest BCUT2D eigenvalue weighted by Crippen LogP contribution is 2.37. The van der Waals surface area contributed by atoms with Gasteiger partial charge in [0.1, 0.15) is 6.61 Å². The summed E-state index contributed by atoms with van der Waals surface area (Å²) in [5, 5.41) is 4.09. The molecular weight excluding hydrogens is 370 g/mol. The van der Waals surface area contributed by atoms with Crippen LogP contribution in [0.2, 0.25) is 0 Å². The zero-order chi connectivity index (χ0) is 20.8. The van der Waals surface area contributed by atoms with E-state index >= 15 is 0 Å². The first-order chi connectivity index (χ1) is 14.1. The lowest BCUT2D eigenvalue weighted by molar-refractivity contribution is 0.100. The van der Waals surface area contributed by atoms with Gasteiger partial charge >= 0.3 is 0 Å². The summed E-state index contributed by atoms with van der Waals surface area (Å²) in [7, 11) is 3.18. The Hall–Kier alpha value is -3.32. The molecule has 0 saturated carbocycles. The summed E-state index contributed by atoms with van der Waals surface area (Å²) in [6.45, 7) is 2.91. The summed E-state index contributed by atoms with van der Waals surface area (Å²) in [6, 6.07) is 11.5. The number of para-hydroxylation sites is 1. The number of nitrogens with two attached hydrogens (primary N) is 1. The molecule has 0 fully saturated rings. The van der Waals surface area contributed by atoms with Gasteiger partial charge in [0.2, 0.25) is 0 Å². The Balaban J connectivity index is 2.15. The maximum absolute atomic E-state index is 12.1. The summed E-state index contributed by atoms with van der Waals surface area (Å²) < 4.78 is 16.3. The zero-order valence-electron chi connectivity index (χ0n) is 16.8. The van der Waals surface area contributed by atoms with Crippen LogP contribution in [0.1, 0.15) is 22.8 Å². The molecule has 3 N–H and O–H groups in total. The van der Waals surface area contributed by atoms with E-state index in [1.54, 1.807) is 26.4 Å². The van der Waals surface area contributed by atoms with Crippen molar-refractivity contribution in [2.24, 2.45) is 5.73 Å². The van der Waals surface area contributed by atoms with Gasteiger partial charge in [0.05, 0.1) is 30.5 Å². The summed E-state index contributed by atoms with van der Waals surface area (Å²) in [5.74, 6) is 0.524. The first kappa shape index (κ1) is 20.4. The lowest BCUT2D eigenvalue weighted by atomic mass is 10.1. The molecule has 29 heavy (non-hydrogen) atoms. The van der Waals surface area contributed by atoms with E-state index in [0.29, 0.717) is 46.9 Å². The van der Waals surface area contributed by atoms with Crippen molar-refractivity contribution >= 4 is 28.2 Å². The largest absolute Gasteiger partial charge is 0.493 e. The van der Waals surface area contributed by atoms with Gasteiger partial charge in [-0.05, 0) is 24.1 Å². The van der Waals surface area contributed by atoms with Crippen LogP contribution in [-0.4, -0.2) is 38.3 Å². The molecule has 0 bridgehead atoms. The Morgan fingerprint density at radius 2 is 1.93 bits per heavy atom. The van der Waals surface area contributed by atoms with E-state index in [9.17, 15) is 4.79 Å². The van der Waals surface area contributed by atoms with E-state index in [-0.39, 0.29) is 0 Å². The molecule has 0 aliphatic carbocycles. The molecule has 0 aliphatic heterocycles. The van der Waals surface area contributed by atoms with E-state index in [0.717, 1.165) is 17.7 Å². The number of rotatable bonds is 9. The van der Waals surface area contributed by atoms with Gasteiger partial charge in [-0.3, -0.25) is 9.78 Å². The number of methoxy groups -OCH3 is 2. The molecule has 0 radical (unpaired) electrons. The first-order valence-corrected chi connectivity index (χ1v) is 9.36. The standard InChI is InChI=1S/C22H25N3O4/c1-4-14-7-5-6-8-17(14)25-21-15-11-19(28-3)20(29-10-9-27-2)12-18(15)24-13-16(21)22(23)26/h5-8,11-13H,4,9-10H2,1-3H3,(H2,23,26)(H,24,25). The number of anilines is 2. The number of fused-ring (bicyclic) bond motifs is 1. The van der Waals surface area contributed by atoms with Gasteiger partial charge in [0.15, 0.2) is 11.5 Å². The molecule has 3 aromatic rings. The fourth-order valence-electron chi connectivity index (χ4n) is 3.11. The minimum absolute atomic E-state index is 0.304. The minimum Gasteiger partial charge on any atom is -0.493 e. The van der Waals surface area contributed by atoms with Crippen LogP contribution in [0.4, 0.5) is 11.4 Å². The Bertz CT molecular complexity index is 1020. The number of carbonyl (C=O) groups excluding carboxylic acids is 1. The number of aryl methyl sites for hydroxylation is 1. The number of hydrogen-bond acceptors (Lipinski definition) is 6. The average molecular weight is 395 g/mol. The summed E-state index contributed by atoms with van der Waals surface area (Å²) in [4.78, 5) is 16.5. The van der Waals surface area contributed by atoms with Crippen molar-refractivity contribution in [2.45, 2.75) is 13.3 Å². The number of benzene rings is 2. The van der Waals surface area contributed by atoms with Crippen molar-refractivity contribution < 1.29 is 19.0 Å². The van der Waals surface area contributed by atoms with Crippen molar-refractivity contribution in [1.82, 2.24) is 4.98 Å². The molecule has 1 amide bonds. The first-order valence-electron chi connectivity index (χ1n) is 9.36. The SMILES string of the molecule is CCc1ccccc1Nc1c(C(N)=O)cnc2cc(OCCOC)c(OC)cc12. The van der Waals surface area contributed by atoms with Crippen LogP contribution < -0.4 is 20.5 Å². The Morgan fingerprint density at radius 1 is 1.14 bits per heavy atom. The van der Waals surface area contributed by atoms with Crippen LogP contribution in [0.25, 0.3) is 10.9 Å². The number of primary amides is 1. The molecule has 0 spiro atoms. The lowest BCUT2D eigenvalue weighted by Gasteiger charge is -2.17. The maximum Gasteiger partial charge on any atom is 0.252 e. The van der Waals surface area contributed by atoms with Crippen LogP contribution in [-0.2, 0) is 11.2 Å². The Morgan fingerprint density at radius 3 is 2.62 bits per heavy atom. The molecule has 152 valence electrons. The Kier molecular flexibility index (Phi) is 6.51. The quantitative estimate of drug-likeness (QED) is 0.537. The van der Waals surface area contributed by atoms with Gasteiger partial charge in [-0.25, -0.2) is 0 Å². The van der Waals surface area contributed by atoms with E-state index in [4.69, 9.17) is 19.9 Å². The predicted octanol–water partition coefficient (Wildman–Crippen LogP) is 3.67. The number of aromatic nitrogens is 1. The Labute approximate surface area is 169 Å². The fourth-order valence-corrected chi connectivity index (χ4v) is 3.11. The molecule has 7 heteroatoms. The van der Waals surface area contributed by atoms with Crippen molar-refractivity contribution in [1.29, 1.82) is 0 Å². The van der Waals surface area contributed by atoms with Crippen LogP contribution >= 0.6 is 0 Å². The second-order valence-electron chi connectivity index (χ2n) is 6.41. The number of amides is 1. The maximum atomic E-state index is 12.1. The van der Waals surface area contributed by atoms with Gasteiger partial charge < -0.3 is 25.3 Å².